The normalized spacial score (nSPS) is 16.8. The molecule has 3 nitrogen and oxygen atoms in total. The van der Waals surface area contributed by atoms with Crippen LogP contribution in [0.25, 0.3) is 0 Å². The van der Waals surface area contributed by atoms with Crippen LogP contribution in [-0.2, 0) is 0 Å². The van der Waals surface area contributed by atoms with E-state index in [-0.39, 0.29) is 5.91 Å². The monoisotopic (exact) mass is 330 g/mol. The minimum atomic E-state index is 0.146. The van der Waals surface area contributed by atoms with Gasteiger partial charge in [-0.05, 0) is 66.3 Å². The number of hydrogen-bond donors (Lipinski definition) is 1. The largest absolute Gasteiger partial charge is 0.341 e. The summed E-state index contributed by atoms with van der Waals surface area (Å²) in [6.45, 7) is 5.05. The number of thiophene rings is 1. The summed E-state index contributed by atoms with van der Waals surface area (Å²) in [7, 11) is 1.91. The van der Waals surface area contributed by atoms with Gasteiger partial charge in [0.15, 0.2) is 0 Å². The van der Waals surface area contributed by atoms with Crippen molar-refractivity contribution in [3.8, 4) is 0 Å². The third-order valence-electron chi connectivity index (χ3n) is 3.41. The van der Waals surface area contributed by atoms with Crippen molar-refractivity contribution in [2.24, 2.45) is 5.92 Å². The quantitative estimate of drug-likeness (QED) is 0.924. The van der Waals surface area contributed by atoms with E-state index in [1.165, 1.54) is 24.2 Å². The van der Waals surface area contributed by atoms with Gasteiger partial charge in [0.05, 0.1) is 8.66 Å². The predicted octanol–water partition coefficient (Wildman–Crippen LogP) is 2.89. The summed E-state index contributed by atoms with van der Waals surface area (Å²) >= 11 is 5.00. The summed E-state index contributed by atoms with van der Waals surface area (Å²) in [4.78, 5) is 15.0. The van der Waals surface area contributed by atoms with Crippen LogP contribution in [0.1, 0.15) is 28.1 Å². The van der Waals surface area contributed by atoms with Gasteiger partial charge in [-0.25, -0.2) is 0 Å². The molecule has 1 N–H and O–H groups in total. The molecule has 0 bridgehead atoms. The lowest BCUT2D eigenvalue weighted by atomic mass is 9.98. The highest BCUT2D eigenvalue weighted by Gasteiger charge is 2.20. The summed E-state index contributed by atoms with van der Waals surface area (Å²) in [5.74, 6) is 0.789. The lowest BCUT2D eigenvalue weighted by Crippen LogP contribution is -2.37. The van der Waals surface area contributed by atoms with Gasteiger partial charge in [-0.2, -0.15) is 0 Å². The first kappa shape index (κ1) is 14.0. The standard InChI is InChI=1S/C13H19BrN2OS/c1-9-7-11(18-12(9)14)13(17)16(2)8-10-3-5-15-6-4-10/h7,10,15H,3-6,8H2,1-2H3. The van der Waals surface area contributed by atoms with Crippen molar-refractivity contribution in [1.29, 1.82) is 0 Å². The van der Waals surface area contributed by atoms with Gasteiger partial charge in [-0.3, -0.25) is 4.79 Å². The number of carbonyl (C=O) groups excluding carboxylic acids is 1. The van der Waals surface area contributed by atoms with E-state index >= 15 is 0 Å². The summed E-state index contributed by atoms with van der Waals surface area (Å²) in [5, 5.41) is 3.35. The maximum Gasteiger partial charge on any atom is 0.263 e. The van der Waals surface area contributed by atoms with Gasteiger partial charge in [-0.1, -0.05) is 0 Å². The molecule has 2 rings (SSSR count). The molecule has 1 saturated heterocycles. The third kappa shape index (κ3) is 3.33. The van der Waals surface area contributed by atoms with E-state index in [2.05, 4.69) is 21.2 Å². The first-order valence-electron chi connectivity index (χ1n) is 6.30. The Morgan fingerprint density at radius 3 is 2.78 bits per heavy atom. The second-order valence-corrected chi connectivity index (χ2v) is 7.32. The minimum absolute atomic E-state index is 0.146. The van der Waals surface area contributed by atoms with Crippen molar-refractivity contribution in [3.05, 3.63) is 20.3 Å². The van der Waals surface area contributed by atoms with Crippen molar-refractivity contribution >= 4 is 33.2 Å². The Balaban J connectivity index is 1.95. The molecule has 1 aromatic rings. The molecule has 1 aliphatic heterocycles. The molecule has 5 heteroatoms. The number of hydrogen-bond acceptors (Lipinski definition) is 3. The van der Waals surface area contributed by atoms with Gasteiger partial charge in [0, 0.05) is 13.6 Å². The Kier molecular flexibility index (Phi) is 4.81. The van der Waals surface area contributed by atoms with E-state index in [0.29, 0.717) is 5.92 Å². The molecule has 0 radical (unpaired) electrons. The molecule has 0 aliphatic carbocycles. The second kappa shape index (κ2) is 6.17. The van der Waals surface area contributed by atoms with E-state index in [1.54, 1.807) is 0 Å². The number of piperidine rings is 1. The zero-order chi connectivity index (χ0) is 13.1. The van der Waals surface area contributed by atoms with E-state index in [0.717, 1.165) is 33.9 Å². The molecule has 1 aromatic heterocycles. The highest BCUT2D eigenvalue weighted by Crippen LogP contribution is 2.28. The maximum absolute atomic E-state index is 12.3. The Labute approximate surface area is 121 Å². The number of aryl methyl sites for hydroxylation is 1. The first-order valence-corrected chi connectivity index (χ1v) is 7.91. The number of rotatable bonds is 3. The predicted molar refractivity (Wildman–Crippen MR) is 79.3 cm³/mol. The van der Waals surface area contributed by atoms with E-state index in [4.69, 9.17) is 0 Å². The van der Waals surface area contributed by atoms with E-state index in [1.807, 2.05) is 24.9 Å². The fourth-order valence-corrected chi connectivity index (χ4v) is 3.82. The molecule has 0 aromatic carbocycles. The molecule has 100 valence electrons. The smallest absolute Gasteiger partial charge is 0.263 e. The molecule has 0 atom stereocenters. The van der Waals surface area contributed by atoms with E-state index < -0.39 is 0 Å². The average molecular weight is 331 g/mol. The third-order valence-corrected chi connectivity index (χ3v) is 5.53. The minimum Gasteiger partial charge on any atom is -0.341 e. The molecule has 2 heterocycles. The van der Waals surface area contributed by atoms with Gasteiger partial charge in [0.25, 0.3) is 5.91 Å². The molecule has 1 aliphatic rings. The fraction of sp³-hybridized carbons (Fsp3) is 0.615. The van der Waals surface area contributed by atoms with Gasteiger partial charge in [0.1, 0.15) is 0 Å². The van der Waals surface area contributed by atoms with Crippen LogP contribution >= 0.6 is 27.3 Å². The second-order valence-electron chi connectivity index (χ2n) is 4.95. The van der Waals surface area contributed by atoms with Crippen molar-refractivity contribution in [2.75, 3.05) is 26.7 Å². The summed E-state index contributed by atoms with van der Waals surface area (Å²) in [5.41, 5.74) is 1.14. The van der Waals surface area contributed by atoms with Crippen LogP contribution < -0.4 is 5.32 Å². The topological polar surface area (TPSA) is 32.3 Å². The van der Waals surface area contributed by atoms with Gasteiger partial charge in [-0.15, -0.1) is 11.3 Å². The molecule has 1 amide bonds. The Hall–Kier alpha value is -0.390. The van der Waals surface area contributed by atoms with Crippen LogP contribution in [0.3, 0.4) is 0 Å². The summed E-state index contributed by atoms with van der Waals surface area (Å²) in [6.07, 6.45) is 2.34. The van der Waals surface area contributed by atoms with Crippen molar-refractivity contribution < 1.29 is 4.79 Å². The first-order chi connectivity index (χ1) is 8.58. The van der Waals surface area contributed by atoms with Crippen LogP contribution in [0.4, 0.5) is 0 Å². The van der Waals surface area contributed by atoms with Crippen molar-refractivity contribution in [3.63, 3.8) is 0 Å². The molecular weight excluding hydrogens is 312 g/mol. The SMILES string of the molecule is Cc1cc(C(=O)N(C)CC2CCNCC2)sc1Br. The van der Waals surface area contributed by atoms with Crippen LogP contribution in [0.5, 0.6) is 0 Å². The van der Waals surface area contributed by atoms with Crippen molar-refractivity contribution in [2.45, 2.75) is 19.8 Å². The van der Waals surface area contributed by atoms with Crippen LogP contribution in [0.15, 0.2) is 9.85 Å². The Morgan fingerprint density at radius 1 is 1.56 bits per heavy atom. The maximum atomic E-state index is 12.3. The Morgan fingerprint density at radius 2 is 2.22 bits per heavy atom. The fourth-order valence-electron chi connectivity index (χ4n) is 2.29. The molecule has 0 spiro atoms. The van der Waals surface area contributed by atoms with Crippen LogP contribution in [-0.4, -0.2) is 37.5 Å². The van der Waals surface area contributed by atoms with Gasteiger partial charge >= 0.3 is 0 Å². The number of amides is 1. The lowest BCUT2D eigenvalue weighted by Gasteiger charge is -2.27. The number of halogens is 1. The molecule has 18 heavy (non-hydrogen) atoms. The zero-order valence-electron chi connectivity index (χ0n) is 10.8. The molecule has 0 unspecified atom stereocenters. The van der Waals surface area contributed by atoms with Crippen molar-refractivity contribution in [1.82, 2.24) is 10.2 Å². The lowest BCUT2D eigenvalue weighted by molar-refractivity contribution is 0.0767. The average Bonchev–Trinajstić information content (AvgIpc) is 2.70. The highest BCUT2D eigenvalue weighted by molar-refractivity contribution is 9.11. The van der Waals surface area contributed by atoms with Crippen LogP contribution in [0, 0.1) is 12.8 Å². The number of nitrogens with zero attached hydrogens (tertiary/aromatic N) is 1. The van der Waals surface area contributed by atoms with Gasteiger partial charge < -0.3 is 10.2 Å². The van der Waals surface area contributed by atoms with E-state index in [9.17, 15) is 4.79 Å². The molecule has 1 fully saturated rings. The molecular formula is C13H19BrN2OS. The van der Waals surface area contributed by atoms with Crippen LogP contribution in [0.2, 0.25) is 0 Å². The highest BCUT2D eigenvalue weighted by atomic mass is 79.9. The summed E-state index contributed by atoms with van der Waals surface area (Å²) < 4.78 is 1.06. The zero-order valence-corrected chi connectivity index (χ0v) is 13.2. The molecule has 0 saturated carbocycles. The number of nitrogens with one attached hydrogen (secondary N) is 1. The Bertz CT molecular complexity index is 407. The van der Waals surface area contributed by atoms with Gasteiger partial charge in [0.2, 0.25) is 0 Å². The summed E-state index contributed by atoms with van der Waals surface area (Å²) in [6, 6.07) is 1.97. The number of carbonyl (C=O) groups is 1.